The third kappa shape index (κ3) is 2.59. The molecule has 4 nitrogen and oxygen atoms in total. The quantitative estimate of drug-likeness (QED) is 0.656. The summed E-state index contributed by atoms with van der Waals surface area (Å²) in [5, 5.41) is 1.46. The molecule has 0 radical (unpaired) electrons. The molecule has 0 N–H and O–H groups in total. The van der Waals surface area contributed by atoms with E-state index in [1.807, 2.05) is 6.07 Å². The maximum atomic E-state index is 14.8. The molecule has 26 heavy (non-hydrogen) atoms. The molecule has 134 valence electrons. The van der Waals surface area contributed by atoms with E-state index in [0.717, 1.165) is 37.9 Å². The molecule has 1 aliphatic carbocycles. The van der Waals surface area contributed by atoms with E-state index in [2.05, 4.69) is 4.90 Å². The molecule has 1 unspecified atom stereocenters. The van der Waals surface area contributed by atoms with Crippen LogP contribution in [0.25, 0.3) is 10.8 Å². The van der Waals surface area contributed by atoms with Gasteiger partial charge in [0.1, 0.15) is 5.82 Å². The van der Waals surface area contributed by atoms with Gasteiger partial charge in [0.15, 0.2) is 10.5 Å². The molecule has 3 aromatic rings. The molecule has 0 saturated heterocycles. The van der Waals surface area contributed by atoms with Crippen molar-refractivity contribution in [3.8, 4) is 5.06 Å². The van der Waals surface area contributed by atoms with Gasteiger partial charge in [-0.3, -0.25) is 14.5 Å². The summed E-state index contributed by atoms with van der Waals surface area (Å²) < 4.78 is 20.1. The number of nitrogens with zero attached hydrogens (tertiary/aromatic N) is 1. The van der Waals surface area contributed by atoms with Crippen LogP contribution in [0.4, 0.5) is 4.39 Å². The van der Waals surface area contributed by atoms with E-state index in [1.165, 1.54) is 23.1 Å². The largest absolute Gasteiger partial charge is 0.416 e. The Hall–Kier alpha value is -2.05. The second-order valence-electron chi connectivity index (χ2n) is 7.33. The molecule has 1 fully saturated rings. The number of hydrogen-bond donors (Lipinski definition) is 0. The minimum absolute atomic E-state index is 0.0129. The lowest BCUT2D eigenvalue weighted by Crippen LogP contribution is -2.35. The highest BCUT2D eigenvalue weighted by Gasteiger charge is 2.40. The minimum Gasteiger partial charge on any atom is -0.416 e. The Balaban J connectivity index is 1.45. The molecule has 2 aliphatic rings. The molecule has 2 aromatic carbocycles. The molecule has 1 aliphatic heterocycles. The van der Waals surface area contributed by atoms with Crippen LogP contribution in [0.1, 0.15) is 41.8 Å². The summed E-state index contributed by atoms with van der Waals surface area (Å²) in [6, 6.07) is 5.52. The Morgan fingerprint density at radius 3 is 2.92 bits per heavy atom. The van der Waals surface area contributed by atoms with Crippen molar-refractivity contribution in [3.05, 3.63) is 50.2 Å². The molecule has 2 heterocycles. The fourth-order valence-electron chi connectivity index (χ4n) is 4.10. The van der Waals surface area contributed by atoms with E-state index >= 15 is 0 Å². The van der Waals surface area contributed by atoms with Gasteiger partial charge in [0.25, 0.3) is 0 Å². The number of carbonyl (C=O) groups excluding carboxylic acids is 1. The van der Waals surface area contributed by atoms with Crippen molar-refractivity contribution < 1.29 is 13.9 Å². The molecule has 5 rings (SSSR count). The van der Waals surface area contributed by atoms with Crippen LogP contribution >= 0.6 is 11.3 Å². The lowest BCUT2D eigenvalue weighted by atomic mass is 9.97. The number of ether oxygens (including phenoxy) is 1. The van der Waals surface area contributed by atoms with Crippen molar-refractivity contribution in [3.63, 3.8) is 0 Å². The van der Waals surface area contributed by atoms with Crippen molar-refractivity contribution >= 4 is 28.1 Å². The third-order valence-corrected chi connectivity index (χ3v) is 6.59. The van der Waals surface area contributed by atoms with Crippen LogP contribution in [0.2, 0.25) is 0 Å². The van der Waals surface area contributed by atoms with Crippen LogP contribution in [0.5, 0.6) is 5.06 Å². The van der Waals surface area contributed by atoms with Gasteiger partial charge in [-0.05, 0) is 42.9 Å². The third-order valence-electron chi connectivity index (χ3n) is 5.48. The molecule has 0 amide bonds. The van der Waals surface area contributed by atoms with Crippen molar-refractivity contribution in [2.45, 2.75) is 38.8 Å². The lowest BCUT2D eigenvalue weighted by Gasteiger charge is -2.35. The normalized spacial score (nSPS) is 19.0. The maximum Gasteiger partial charge on any atom is 0.308 e. The fraction of sp³-hybridized carbons (Fsp3) is 0.400. The maximum absolute atomic E-state index is 14.8. The molecule has 1 saturated carbocycles. The van der Waals surface area contributed by atoms with E-state index in [9.17, 15) is 14.0 Å². The molecule has 0 spiro atoms. The first-order valence-corrected chi connectivity index (χ1v) is 9.75. The highest BCUT2D eigenvalue weighted by molar-refractivity contribution is 7.14. The average molecular weight is 371 g/mol. The molecular weight excluding hydrogens is 353 g/mol. The monoisotopic (exact) mass is 371 g/mol. The first kappa shape index (κ1) is 16.1. The van der Waals surface area contributed by atoms with Gasteiger partial charge in [-0.15, -0.1) is 11.3 Å². The molecule has 1 atom stereocenters. The standard InChI is InChI=1S/C20H18FNO3S/c1-10(23)25-16-8-12-9-22(7-6-15(12)26-16)19(11-2-3-11)14-5-4-13-17(18(14)21)20(13)24/h4-5,8,11,19H,2-3,6-7,9H2,1H3. The Labute approximate surface area is 153 Å². The summed E-state index contributed by atoms with van der Waals surface area (Å²) in [5.74, 6) is -0.181. The van der Waals surface area contributed by atoms with Crippen LogP contribution in [0, 0.1) is 11.7 Å². The number of carbonyl (C=O) groups is 1. The Morgan fingerprint density at radius 2 is 2.19 bits per heavy atom. The minimum atomic E-state index is -0.318. The SMILES string of the molecule is CC(=O)Oc1cc2c(s1)CCN(C(c1ccc3c(=O)c3c1F)C1CC1)C2. The molecule has 1 aromatic heterocycles. The molecule has 6 heteroatoms. The highest BCUT2D eigenvalue weighted by Crippen LogP contribution is 2.48. The first-order valence-electron chi connectivity index (χ1n) is 8.94. The number of fused-ring (bicyclic) bond motifs is 2. The lowest BCUT2D eigenvalue weighted by molar-refractivity contribution is -0.131. The predicted octanol–water partition coefficient (Wildman–Crippen LogP) is 3.71. The zero-order chi connectivity index (χ0) is 18.0. The van der Waals surface area contributed by atoms with Gasteiger partial charge in [0.05, 0.1) is 5.39 Å². The number of rotatable bonds is 4. The van der Waals surface area contributed by atoms with E-state index in [-0.39, 0.29) is 23.3 Å². The second kappa shape index (κ2) is 5.72. The number of esters is 1. The van der Waals surface area contributed by atoms with E-state index in [4.69, 9.17) is 4.74 Å². The topological polar surface area (TPSA) is 46.6 Å². The second-order valence-corrected chi connectivity index (χ2v) is 8.43. The van der Waals surface area contributed by atoms with Gasteiger partial charge in [0.2, 0.25) is 0 Å². The smallest absolute Gasteiger partial charge is 0.308 e. The van der Waals surface area contributed by atoms with Crippen LogP contribution in [-0.2, 0) is 17.8 Å². The summed E-state index contributed by atoms with van der Waals surface area (Å²) in [5.41, 5.74) is 1.68. The van der Waals surface area contributed by atoms with Crippen LogP contribution in [-0.4, -0.2) is 17.4 Å². The summed E-state index contributed by atoms with van der Waals surface area (Å²) in [6.07, 6.45) is 3.07. The number of hydrogen-bond acceptors (Lipinski definition) is 5. The van der Waals surface area contributed by atoms with Crippen molar-refractivity contribution in [2.75, 3.05) is 6.54 Å². The Bertz CT molecular complexity index is 1040. The van der Waals surface area contributed by atoms with Crippen molar-refractivity contribution in [1.82, 2.24) is 4.90 Å². The number of thiophene rings is 1. The number of benzene rings is 1. The van der Waals surface area contributed by atoms with Gasteiger partial charge in [-0.25, -0.2) is 4.39 Å². The molecular formula is C20H18FNO3S. The van der Waals surface area contributed by atoms with Crippen molar-refractivity contribution in [1.29, 1.82) is 0 Å². The zero-order valence-electron chi connectivity index (χ0n) is 14.4. The van der Waals surface area contributed by atoms with Crippen LogP contribution < -0.4 is 10.2 Å². The van der Waals surface area contributed by atoms with Gasteiger partial charge in [-0.1, -0.05) is 6.07 Å². The Morgan fingerprint density at radius 1 is 1.38 bits per heavy atom. The van der Waals surface area contributed by atoms with E-state index < -0.39 is 0 Å². The van der Waals surface area contributed by atoms with Gasteiger partial charge in [0, 0.05) is 41.9 Å². The van der Waals surface area contributed by atoms with Crippen molar-refractivity contribution in [2.24, 2.45) is 5.92 Å². The average Bonchev–Trinajstić information content (AvgIpc) is 3.49. The van der Waals surface area contributed by atoms with Gasteiger partial charge < -0.3 is 4.74 Å². The Kier molecular flexibility index (Phi) is 3.56. The first-order chi connectivity index (χ1) is 12.5. The van der Waals surface area contributed by atoms with Gasteiger partial charge >= 0.3 is 5.97 Å². The fourth-order valence-corrected chi connectivity index (χ4v) is 5.15. The summed E-state index contributed by atoms with van der Waals surface area (Å²) in [4.78, 5) is 26.4. The number of halogens is 1. The summed E-state index contributed by atoms with van der Waals surface area (Å²) in [6.45, 7) is 2.97. The van der Waals surface area contributed by atoms with Gasteiger partial charge in [-0.2, -0.15) is 0 Å². The van der Waals surface area contributed by atoms with Crippen LogP contribution in [0.15, 0.2) is 23.0 Å². The summed E-state index contributed by atoms with van der Waals surface area (Å²) in [7, 11) is 0. The zero-order valence-corrected chi connectivity index (χ0v) is 15.2. The van der Waals surface area contributed by atoms with Crippen LogP contribution in [0.3, 0.4) is 0 Å². The highest BCUT2D eigenvalue weighted by atomic mass is 32.1. The van der Waals surface area contributed by atoms with E-state index in [1.54, 1.807) is 12.1 Å². The summed E-state index contributed by atoms with van der Waals surface area (Å²) >= 11 is 1.52. The molecule has 0 bridgehead atoms. The predicted molar refractivity (Wildman–Crippen MR) is 97.8 cm³/mol. The van der Waals surface area contributed by atoms with E-state index in [0.29, 0.717) is 27.3 Å².